The van der Waals surface area contributed by atoms with Crippen molar-refractivity contribution in [1.82, 2.24) is 4.31 Å². The number of rotatable bonds is 4. The van der Waals surface area contributed by atoms with Crippen molar-refractivity contribution in [2.75, 3.05) is 18.4 Å². The lowest BCUT2D eigenvalue weighted by molar-refractivity contribution is -0.120. The van der Waals surface area contributed by atoms with Crippen molar-refractivity contribution in [3.05, 3.63) is 70.7 Å². The minimum Gasteiger partial charge on any atom is -0.325 e. The molecule has 1 fully saturated rings. The first kappa shape index (κ1) is 20.5. The third-order valence-electron chi connectivity index (χ3n) is 6.41. The molecular formula is C24H23ClN2O3S. The monoisotopic (exact) mass is 454 g/mol. The highest BCUT2D eigenvalue weighted by atomic mass is 35.5. The van der Waals surface area contributed by atoms with Crippen molar-refractivity contribution < 1.29 is 13.2 Å². The fraction of sp³-hybridized carbons (Fsp3) is 0.292. The molecule has 0 aromatic heterocycles. The van der Waals surface area contributed by atoms with Crippen molar-refractivity contribution >= 4 is 44.0 Å². The topological polar surface area (TPSA) is 66.5 Å². The van der Waals surface area contributed by atoms with Gasteiger partial charge in [0.25, 0.3) is 0 Å². The first-order valence-electron chi connectivity index (χ1n) is 10.5. The summed E-state index contributed by atoms with van der Waals surface area (Å²) >= 11 is 5.87. The van der Waals surface area contributed by atoms with E-state index in [0.717, 1.165) is 23.9 Å². The number of nitrogens with one attached hydrogen (secondary N) is 1. The van der Waals surface area contributed by atoms with Crippen molar-refractivity contribution in [1.29, 1.82) is 0 Å². The molecule has 1 heterocycles. The van der Waals surface area contributed by atoms with E-state index in [1.807, 2.05) is 12.1 Å². The molecule has 0 radical (unpaired) electrons. The van der Waals surface area contributed by atoms with Crippen LogP contribution < -0.4 is 5.32 Å². The number of hydrogen-bond donors (Lipinski definition) is 1. The van der Waals surface area contributed by atoms with Gasteiger partial charge >= 0.3 is 0 Å². The van der Waals surface area contributed by atoms with E-state index in [9.17, 15) is 13.2 Å². The Morgan fingerprint density at radius 3 is 2.32 bits per heavy atom. The highest BCUT2D eigenvalue weighted by molar-refractivity contribution is 7.89. The number of halogens is 1. The highest BCUT2D eigenvalue weighted by Gasteiger charge is 2.32. The maximum absolute atomic E-state index is 13.0. The Balaban J connectivity index is 1.28. The largest absolute Gasteiger partial charge is 0.325 e. The Bertz CT molecular complexity index is 1250. The molecule has 1 saturated heterocycles. The van der Waals surface area contributed by atoms with E-state index in [1.165, 1.54) is 33.0 Å². The van der Waals surface area contributed by atoms with Crippen LogP contribution in [0.5, 0.6) is 0 Å². The van der Waals surface area contributed by atoms with Gasteiger partial charge < -0.3 is 5.32 Å². The van der Waals surface area contributed by atoms with Gasteiger partial charge in [0, 0.05) is 35.1 Å². The lowest BCUT2D eigenvalue weighted by Crippen LogP contribution is -2.41. The molecule has 1 aliphatic heterocycles. The number of anilines is 1. The van der Waals surface area contributed by atoms with Gasteiger partial charge in [0.05, 0.1) is 4.90 Å². The first-order chi connectivity index (χ1) is 14.9. The van der Waals surface area contributed by atoms with Gasteiger partial charge in [0.15, 0.2) is 0 Å². The second-order valence-corrected chi connectivity index (χ2v) is 10.6. The van der Waals surface area contributed by atoms with Crippen LogP contribution in [0.15, 0.2) is 59.5 Å². The average molecular weight is 455 g/mol. The maximum Gasteiger partial charge on any atom is 0.243 e. The molecule has 31 heavy (non-hydrogen) atoms. The molecule has 1 N–H and O–H groups in total. The van der Waals surface area contributed by atoms with E-state index < -0.39 is 10.0 Å². The lowest BCUT2D eigenvalue weighted by Gasteiger charge is -2.30. The second kappa shape index (κ2) is 7.93. The van der Waals surface area contributed by atoms with Crippen molar-refractivity contribution in [3.63, 3.8) is 0 Å². The number of nitrogens with zero attached hydrogens (tertiary/aromatic N) is 1. The van der Waals surface area contributed by atoms with Gasteiger partial charge in [0.1, 0.15) is 0 Å². The molecule has 3 aromatic rings. The highest BCUT2D eigenvalue weighted by Crippen LogP contribution is 2.35. The number of piperidine rings is 1. The minimum absolute atomic E-state index is 0.0396. The number of carbonyl (C=O) groups is 1. The predicted octanol–water partition coefficient (Wildman–Crippen LogP) is 4.63. The number of hydrogen-bond acceptors (Lipinski definition) is 3. The number of benzene rings is 3. The zero-order chi connectivity index (χ0) is 21.6. The molecule has 1 aliphatic carbocycles. The summed E-state index contributed by atoms with van der Waals surface area (Å²) in [5.74, 6) is -0.248. The van der Waals surface area contributed by atoms with Crippen molar-refractivity contribution in [3.8, 4) is 0 Å². The summed E-state index contributed by atoms with van der Waals surface area (Å²) in [5, 5.41) is 5.96. The normalized spacial score (nSPS) is 17.2. The molecule has 160 valence electrons. The summed E-state index contributed by atoms with van der Waals surface area (Å²) in [7, 11) is -3.58. The third kappa shape index (κ3) is 3.73. The lowest BCUT2D eigenvalue weighted by atomic mass is 9.96. The van der Waals surface area contributed by atoms with Crippen LogP contribution in [0.4, 0.5) is 5.69 Å². The quantitative estimate of drug-likeness (QED) is 0.625. The molecule has 5 nitrogen and oxygen atoms in total. The third-order valence-corrected chi connectivity index (χ3v) is 8.58. The van der Waals surface area contributed by atoms with Crippen LogP contribution in [0, 0.1) is 5.92 Å². The van der Waals surface area contributed by atoms with Crippen LogP contribution >= 0.6 is 11.6 Å². The summed E-state index contributed by atoms with van der Waals surface area (Å²) in [4.78, 5) is 13.2. The van der Waals surface area contributed by atoms with E-state index in [1.54, 1.807) is 12.1 Å². The molecular weight excluding hydrogens is 432 g/mol. The molecule has 0 saturated carbocycles. The minimum atomic E-state index is -3.58. The number of sulfonamides is 1. The summed E-state index contributed by atoms with van der Waals surface area (Å²) in [6, 6.07) is 16.5. The standard InChI is InChI=1S/C24H23ClN2O3S/c25-19-7-9-20(10-8-19)31(29,30)27-14-12-18(13-15-27)24(28)26-22-11-6-17-5-4-16-2-1-3-21(22)23(16)17/h1-3,6-11,18H,4-5,12-15H2,(H,26,28). The Hall–Kier alpha value is -2.41. The van der Waals surface area contributed by atoms with Crippen LogP contribution in [0.3, 0.4) is 0 Å². The smallest absolute Gasteiger partial charge is 0.243 e. The van der Waals surface area contributed by atoms with E-state index in [4.69, 9.17) is 11.6 Å². The van der Waals surface area contributed by atoms with Gasteiger partial charge in [-0.15, -0.1) is 0 Å². The molecule has 0 unspecified atom stereocenters. The van der Waals surface area contributed by atoms with Gasteiger partial charge in [-0.05, 0) is 72.5 Å². The van der Waals surface area contributed by atoms with E-state index in [-0.39, 0.29) is 16.7 Å². The fourth-order valence-electron chi connectivity index (χ4n) is 4.70. The zero-order valence-corrected chi connectivity index (χ0v) is 18.5. The van der Waals surface area contributed by atoms with E-state index >= 15 is 0 Å². The second-order valence-electron chi connectivity index (χ2n) is 8.23. The van der Waals surface area contributed by atoms with Crippen molar-refractivity contribution in [2.45, 2.75) is 30.6 Å². The van der Waals surface area contributed by atoms with Gasteiger partial charge in [-0.2, -0.15) is 4.31 Å². The maximum atomic E-state index is 13.0. The SMILES string of the molecule is O=C(Nc1ccc2c3c(cccc13)CC2)C1CCN(S(=O)(=O)c2ccc(Cl)cc2)CC1. The molecule has 2 aliphatic rings. The van der Waals surface area contributed by atoms with Crippen LogP contribution in [0.2, 0.25) is 5.02 Å². The Morgan fingerprint density at radius 1 is 0.935 bits per heavy atom. The van der Waals surface area contributed by atoms with E-state index in [0.29, 0.717) is 31.0 Å². The van der Waals surface area contributed by atoms with Crippen LogP contribution in [0.25, 0.3) is 10.8 Å². The fourth-order valence-corrected chi connectivity index (χ4v) is 6.30. The summed E-state index contributed by atoms with van der Waals surface area (Å²) in [6.07, 6.45) is 3.09. The number of carbonyl (C=O) groups excluding carboxylic acids is 1. The summed E-state index contributed by atoms with van der Waals surface area (Å²) < 4.78 is 27.2. The van der Waals surface area contributed by atoms with Gasteiger partial charge in [-0.25, -0.2) is 8.42 Å². The zero-order valence-electron chi connectivity index (χ0n) is 17.0. The van der Waals surface area contributed by atoms with Gasteiger partial charge in [0.2, 0.25) is 15.9 Å². The Morgan fingerprint density at radius 2 is 1.61 bits per heavy atom. The molecule has 0 atom stereocenters. The molecule has 1 amide bonds. The molecule has 3 aromatic carbocycles. The van der Waals surface area contributed by atoms with Crippen molar-refractivity contribution in [2.24, 2.45) is 5.92 Å². The Kier molecular flexibility index (Phi) is 5.24. The Labute approximate surface area is 187 Å². The average Bonchev–Trinajstić information content (AvgIpc) is 3.21. The van der Waals surface area contributed by atoms with Gasteiger partial charge in [-0.3, -0.25) is 4.79 Å². The number of aryl methyl sites for hydroxylation is 2. The molecule has 7 heteroatoms. The first-order valence-corrected chi connectivity index (χ1v) is 12.4. The summed E-state index contributed by atoms with van der Waals surface area (Å²) in [6.45, 7) is 0.653. The predicted molar refractivity (Wildman–Crippen MR) is 123 cm³/mol. The molecule has 5 rings (SSSR count). The molecule has 0 spiro atoms. The van der Waals surface area contributed by atoms with Crippen LogP contribution in [-0.2, 0) is 27.7 Å². The summed E-state index contributed by atoms with van der Waals surface area (Å²) in [5.41, 5.74) is 3.51. The van der Waals surface area contributed by atoms with Crippen LogP contribution in [-0.4, -0.2) is 31.7 Å². The number of amides is 1. The van der Waals surface area contributed by atoms with E-state index in [2.05, 4.69) is 23.5 Å². The molecule has 0 bridgehead atoms. The van der Waals surface area contributed by atoms with Gasteiger partial charge in [-0.1, -0.05) is 35.9 Å². The van der Waals surface area contributed by atoms with Crippen LogP contribution in [0.1, 0.15) is 24.0 Å².